The van der Waals surface area contributed by atoms with Crippen molar-refractivity contribution in [2.24, 2.45) is 5.41 Å². The Morgan fingerprint density at radius 2 is 1.68 bits per heavy atom. The summed E-state index contributed by atoms with van der Waals surface area (Å²) in [6.45, 7) is 10.1. The van der Waals surface area contributed by atoms with Gasteiger partial charge in [0.15, 0.2) is 0 Å². The standard InChI is InChI=1S/C18H26O3.4CH4/c1-6-12-21-16-10-8-15(9-11-16)14(7-2)13-18(3,4)17(19)20-5;;;;/h6,8-11,14H,1,7,12-13H2,2-5H3;4*1H4. The molecule has 0 bridgehead atoms. The molecule has 25 heavy (non-hydrogen) atoms. The molecule has 0 aliphatic heterocycles. The van der Waals surface area contributed by atoms with Gasteiger partial charge in [-0.05, 0) is 50.3 Å². The fraction of sp³-hybridized carbons (Fsp3) is 0.591. The van der Waals surface area contributed by atoms with Crippen molar-refractivity contribution in [3.8, 4) is 5.75 Å². The average molecular weight is 355 g/mol. The minimum atomic E-state index is -0.479. The molecule has 3 heteroatoms. The Morgan fingerprint density at radius 3 is 2.08 bits per heavy atom. The molecule has 0 heterocycles. The second-order valence-corrected chi connectivity index (χ2v) is 5.85. The van der Waals surface area contributed by atoms with Gasteiger partial charge in [-0.3, -0.25) is 4.79 Å². The fourth-order valence-corrected chi connectivity index (χ4v) is 2.46. The summed E-state index contributed by atoms with van der Waals surface area (Å²) in [5.41, 5.74) is 0.744. The zero-order valence-corrected chi connectivity index (χ0v) is 13.5. The lowest BCUT2D eigenvalue weighted by Crippen LogP contribution is -2.27. The average Bonchev–Trinajstić information content (AvgIpc) is 2.50. The summed E-state index contributed by atoms with van der Waals surface area (Å²) in [5, 5.41) is 0. The van der Waals surface area contributed by atoms with Gasteiger partial charge >= 0.3 is 5.97 Å². The van der Waals surface area contributed by atoms with Gasteiger partial charge in [0, 0.05) is 0 Å². The van der Waals surface area contributed by atoms with E-state index in [1.165, 1.54) is 12.7 Å². The van der Waals surface area contributed by atoms with E-state index in [-0.39, 0.29) is 35.7 Å². The molecule has 0 amide bonds. The first-order valence-electron chi connectivity index (χ1n) is 7.36. The van der Waals surface area contributed by atoms with Crippen LogP contribution in [0.3, 0.4) is 0 Å². The van der Waals surface area contributed by atoms with Crippen molar-refractivity contribution in [1.82, 2.24) is 0 Å². The van der Waals surface area contributed by atoms with E-state index in [4.69, 9.17) is 9.47 Å². The van der Waals surface area contributed by atoms with Crippen molar-refractivity contribution in [1.29, 1.82) is 0 Å². The Hall–Kier alpha value is -1.77. The van der Waals surface area contributed by atoms with Crippen molar-refractivity contribution in [3.63, 3.8) is 0 Å². The summed E-state index contributed by atoms with van der Waals surface area (Å²) in [6.07, 6.45) is 3.47. The van der Waals surface area contributed by atoms with E-state index in [0.717, 1.165) is 18.6 Å². The molecule has 0 fully saturated rings. The highest BCUT2D eigenvalue weighted by molar-refractivity contribution is 5.75. The number of hydrogen-bond donors (Lipinski definition) is 0. The number of ether oxygens (including phenoxy) is 2. The maximum absolute atomic E-state index is 11.8. The van der Waals surface area contributed by atoms with Gasteiger partial charge in [0.25, 0.3) is 0 Å². The number of carbonyl (C=O) groups excluding carboxylic acids is 1. The van der Waals surface area contributed by atoms with E-state index in [2.05, 4.69) is 25.6 Å². The second-order valence-electron chi connectivity index (χ2n) is 5.85. The molecule has 0 aromatic heterocycles. The molecule has 1 aromatic carbocycles. The lowest BCUT2D eigenvalue weighted by Gasteiger charge is -2.27. The van der Waals surface area contributed by atoms with E-state index in [1.807, 2.05) is 26.0 Å². The van der Waals surface area contributed by atoms with Gasteiger partial charge in [-0.1, -0.05) is 61.4 Å². The minimum absolute atomic E-state index is 0. The molecule has 1 atom stereocenters. The quantitative estimate of drug-likeness (QED) is 0.377. The summed E-state index contributed by atoms with van der Waals surface area (Å²) in [5.74, 6) is 1.00. The Morgan fingerprint density at radius 1 is 1.16 bits per heavy atom. The summed E-state index contributed by atoms with van der Waals surface area (Å²) < 4.78 is 10.4. The van der Waals surface area contributed by atoms with Crippen LogP contribution in [0.2, 0.25) is 0 Å². The third kappa shape index (κ3) is 9.33. The van der Waals surface area contributed by atoms with Gasteiger partial charge in [-0.25, -0.2) is 0 Å². The van der Waals surface area contributed by atoms with E-state index in [0.29, 0.717) is 12.5 Å². The maximum atomic E-state index is 11.8. The lowest BCUT2D eigenvalue weighted by atomic mass is 9.79. The van der Waals surface area contributed by atoms with E-state index >= 15 is 0 Å². The van der Waals surface area contributed by atoms with Crippen LogP contribution in [0.5, 0.6) is 5.75 Å². The molecular weight excluding hydrogens is 312 g/mol. The lowest BCUT2D eigenvalue weighted by molar-refractivity contribution is -0.151. The molecule has 0 saturated heterocycles. The number of esters is 1. The largest absolute Gasteiger partial charge is 0.490 e. The summed E-state index contributed by atoms with van der Waals surface area (Å²) in [7, 11) is 1.44. The van der Waals surface area contributed by atoms with E-state index in [1.54, 1.807) is 6.08 Å². The number of methoxy groups -OCH3 is 1. The number of carbonyl (C=O) groups is 1. The fourth-order valence-electron chi connectivity index (χ4n) is 2.46. The van der Waals surface area contributed by atoms with Gasteiger partial charge in [-0.15, -0.1) is 0 Å². The Labute approximate surface area is 157 Å². The van der Waals surface area contributed by atoms with E-state index in [9.17, 15) is 4.79 Å². The van der Waals surface area contributed by atoms with Gasteiger partial charge in [0.1, 0.15) is 12.4 Å². The van der Waals surface area contributed by atoms with Crippen LogP contribution in [0.4, 0.5) is 0 Å². The van der Waals surface area contributed by atoms with E-state index < -0.39 is 5.41 Å². The maximum Gasteiger partial charge on any atom is 0.311 e. The van der Waals surface area contributed by atoms with Crippen LogP contribution in [0, 0.1) is 5.41 Å². The highest BCUT2D eigenvalue weighted by Gasteiger charge is 2.31. The van der Waals surface area contributed by atoms with Crippen molar-refractivity contribution in [2.75, 3.05) is 13.7 Å². The molecule has 0 N–H and O–H groups in total. The molecule has 0 spiro atoms. The van der Waals surface area contributed by atoms with Crippen LogP contribution in [0.1, 0.15) is 74.8 Å². The molecule has 0 radical (unpaired) electrons. The molecule has 148 valence electrons. The zero-order valence-electron chi connectivity index (χ0n) is 13.5. The van der Waals surface area contributed by atoms with Crippen LogP contribution in [-0.2, 0) is 9.53 Å². The summed E-state index contributed by atoms with van der Waals surface area (Å²) in [4.78, 5) is 11.8. The highest BCUT2D eigenvalue weighted by Crippen LogP contribution is 2.35. The molecule has 1 rings (SSSR count). The topological polar surface area (TPSA) is 35.5 Å². The zero-order chi connectivity index (χ0) is 15.9. The first-order valence-corrected chi connectivity index (χ1v) is 7.36. The third-order valence-electron chi connectivity index (χ3n) is 3.71. The van der Waals surface area contributed by atoms with Gasteiger partial charge in [0.2, 0.25) is 0 Å². The van der Waals surface area contributed by atoms with Crippen molar-refractivity contribution in [2.45, 2.75) is 69.2 Å². The summed E-state index contributed by atoms with van der Waals surface area (Å²) in [6, 6.07) is 8.07. The first-order chi connectivity index (χ1) is 9.94. The van der Waals surface area contributed by atoms with Crippen LogP contribution in [0.15, 0.2) is 36.9 Å². The molecule has 1 aromatic rings. The molecule has 3 nitrogen and oxygen atoms in total. The monoisotopic (exact) mass is 354 g/mol. The van der Waals surface area contributed by atoms with Crippen LogP contribution < -0.4 is 4.74 Å². The Bertz CT molecular complexity index is 461. The summed E-state index contributed by atoms with van der Waals surface area (Å²) >= 11 is 0. The number of benzene rings is 1. The van der Waals surface area contributed by atoms with Crippen molar-refractivity contribution < 1.29 is 14.3 Å². The van der Waals surface area contributed by atoms with Crippen molar-refractivity contribution in [3.05, 3.63) is 42.5 Å². The third-order valence-corrected chi connectivity index (χ3v) is 3.71. The van der Waals surface area contributed by atoms with Crippen LogP contribution in [-0.4, -0.2) is 19.7 Å². The van der Waals surface area contributed by atoms with Crippen LogP contribution >= 0.6 is 0 Å². The second kappa shape index (κ2) is 14.6. The first kappa shape index (κ1) is 31.0. The predicted octanol–water partition coefficient (Wildman–Crippen LogP) is 6.88. The SMILES string of the molecule is C.C.C.C.C=CCOc1ccc(C(CC)CC(C)(C)C(=O)OC)cc1. The van der Waals surface area contributed by atoms with Crippen molar-refractivity contribution >= 4 is 5.97 Å². The van der Waals surface area contributed by atoms with Crippen LogP contribution in [0.25, 0.3) is 0 Å². The molecule has 1 unspecified atom stereocenters. The Kier molecular flexibility index (Phi) is 18.1. The highest BCUT2D eigenvalue weighted by atomic mass is 16.5. The minimum Gasteiger partial charge on any atom is -0.490 e. The molecule has 0 aliphatic rings. The number of rotatable bonds is 8. The van der Waals surface area contributed by atoms with Gasteiger partial charge in [-0.2, -0.15) is 0 Å². The molecular formula is C22H42O3. The molecule has 0 aliphatic carbocycles. The predicted molar refractivity (Wildman–Crippen MR) is 113 cm³/mol. The van der Waals surface area contributed by atoms with Gasteiger partial charge in [0.05, 0.1) is 12.5 Å². The number of hydrogen-bond acceptors (Lipinski definition) is 3. The van der Waals surface area contributed by atoms with Gasteiger partial charge < -0.3 is 9.47 Å². The Balaban J connectivity index is -0.000000551. The smallest absolute Gasteiger partial charge is 0.311 e. The normalized spacial score (nSPS) is 10.6. The molecule has 0 saturated carbocycles.